The van der Waals surface area contributed by atoms with Crippen molar-refractivity contribution in [2.75, 3.05) is 13.1 Å². The molecule has 0 aliphatic carbocycles. The van der Waals surface area contributed by atoms with Crippen LogP contribution in [0.3, 0.4) is 0 Å². The maximum Gasteiger partial charge on any atom is 0.218 e. The van der Waals surface area contributed by atoms with Crippen LogP contribution in [0, 0.1) is 12.8 Å². The van der Waals surface area contributed by atoms with Crippen molar-refractivity contribution in [1.82, 2.24) is 4.31 Å². The Bertz CT molecular complexity index is 493. The molecule has 0 radical (unpaired) electrons. The highest BCUT2D eigenvalue weighted by Crippen LogP contribution is 2.20. The molecule has 0 unspecified atom stereocenters. The maximum atomic E-state index is 12.3. The number of sulfonamides is 1. The van der Waals surface area contributed by atoms with Crippen molar-refractivity contribution in [3.63, 3.8) is 0 Å². The molecule has 0 saturated carbocycles. The smallest absolute Gasteiger partial charge is 0.212 e. The molecule has 0 aromatic heterocycles. The predicted octanol–water partition coefficient (Wildman–Crippen LogP) is 2.56. The standard InChI is InChI=1S/C14H21NO2S/c1-12-5-7-14(8-6-12)11-18(16,17)15-9-3-4-13(2)10-15/h5-8,13H,3-4,9-11H2,1-2H3/t13-/m1/s1. The maximum absolute atomic E-state index is 12.3. The number of hydrogen-bond donors (Lipinski definition) is 0. The van der Waals surface area contributed by atoms with E-state index in [1.807, 2.05) is 31.2 Å². The van der Waals surface area contributed by atoms with Crippen LogP contribution in [-0.2, 0) is 15.8 Å². The molecule has 1 aromatic rings. The van der Waals surface area contributed by atoms with Gasteiger partial charge in [0, 0.05) is 13.1 Å². The molecule has 1 atom stereocenters. The van der Waals surface area contributed by atoms with Gasteiger partial charge in [-0.1, -0.05) is 36.8 Å². The molecule has 4 heteroatoms. The van der Waals surface area contributed by atoms with Crippen LogP contribution in [0.2, 0.25) is 0 Å². The summed E-state index contributed by atoms with van der Waals surface area (Å²) in [6, 6.07) is 7.73. The zero-order chi connectivity index (χ0) is 13.2. The second-order valence-electron chi connectivity index (χ2n) is 5.35. The predicted molar refractivity (Wildman–Crippen MR) is 73.8 cm³/mol. The van der Waals surface area contributed by atoms with Gasteiger partial charge in [-0.2, -0.15) is 0 Å². The highest BCUT2D eigenvalue weighted by Gasteiger charge is 2.26. The fourth-order valence-corrected chi connectivity index (χ4v) is 4.07. The number of hydrogen-bond acceptors (Lipinski definition) is 2. The van der Waals surface area contributed by atoms with Gasteiger partial charge in [0.1, 0.15) is 0 Å². The van der Waals surface area contributed by atoms with Crippen LogP contribution in [0.25, 0.3) is 0 Å². The Morgan fingerprint density at radius 1 is 1.28 bits per heavy atom. The summed E-state index contributed by atoms with van der Waals surface area (Å²) in [5.41, 5.74) is 2.03. The van der Waals surface area contributed by atoms with Gasteiger partial charge in [0.15, 0.2) is 0 Å². The van der Waals surface area contributed by atoms with Crippen LogP contribution in [-0.4, -0.2) is 25.8 Å². The first-order valence-electron chi connectivity index (χ1n) is 6.51. The fourth-order valence-electron chi connectivity index (χ4n) is 2.39. The van der Waals surface area contributed by atoms with E-state index in [0.717, 1.165) is 24.0 Å². The third-order valence-electron chi connectivity index (χ3n) is 3.48. The molecule has 3 nitrogen and oxygen atoms in total. The molecular formula is C14H21NO2S. The molecule has 1 fully saturated rings. The van der Waals surface area contributed by atoms with Gasteiger partial charge >= 0.3 is 0 Å². The monoisotopic (exact) mass is 267 g/mol. The lowest BCUT2D eigenvalue weighted by atomic mass is 10.0. The lowest BCUT2D eigenvalue weighted by Crippen LogP contribution is -2.39. The summed E-state index contributed by atoms with van der Waals surface area (Å²) in [4.78, 5) is 0. The van der Waals surface area contributed by atoms with Crippen LogP contribution in [0.5, 0.6) is 0 Å². The Labute approximate surface area is 110 Å². The Balaban J connectivity index is 2.09. The molecule has 0 amide bonds. The molecule has 1 saturated heterocycles. The van der Waals surface area contributed by atoms with Crippen molar-refractivity contribution in [1.29, 1.82) is 0 Å². The van der Waals surface area contributed by atoms with Crippen molar-refractivity contribution < 1.29 is 8.42 Å². The second kappa shape index (κ2) is 5.41. The van der Waals surface area contributed by atoms with Crippen LogP contribution < -0.4 is 0 Å². The Kier molecular flexibility index (Phi) is 4.07. The van der Waals surface area contributed by atoms with E-state index >= 15 is 0 Å². The Morgan fingerprint density at radius 2 is 1.94 bits per heavy atom. The lowest BCUT2D eigenvalue weighted by Gasteiger charge is -2.30. The highest BCUT2D eigenvalue weighted by molar-refractivity contribution is 7.88. The van der Waals surface area contributed by atoms with Crippen molar-refractivity contribution >= 4 is 10.0 Å². The Morgan fingerprint density at radius 3 is 2.56 bits per heavy atom. The van der Waals surface area contributed by atoms with E-state index in [1.54, 1.807) is 4.31 Å². The number of rotatable bonds is 3. The molecule has 0 bridgehead atoms. The zero-order valence-electron chi connectivity index (χ0n) is 11.1. The number of benzene rings is 1. The van der Waals surface area contributed by atoms with Crippen LogP contribution in [0.4, 0.5) is 0 Å². The third-order valence-corrected chi connectivity index (χ3v) is 5.30. The van der Waals surface area contributed by atoms with Gasteiger partial charge in [0.2, 0.25) is 10.0 Å². The summed E-state index contributed by atoms with van der Waals surface area (Å²) >= 11 is 0. The molecule has 0 N–H and O–H groups in total. The van der Waals surface area contributed by atoms with E-state index in [4.69, 9.17) is 0 Å². The third kappa shape index (κ3) is 3.33. The zero-order valence-corrected chi connectivity index (χ0v) is 11.9. The molecule has 1 aliphatic rings. The van der Waals surface area contributed by atoms with Crippen molar-refractivity contribution in [2.45, 2.75) is 32.4 Å². The van der Waals surface area contributed by atoms with Crippen LogP contribution in [0.1, 0.15) is 30.9 Å². The molecule has 1 aromatic carbocycles. The van der Waals surface area contributed by atoms with E-state index in [0.29, 0.717) is 19.0 Å². The van der Waals surface area contributed by atoms with Crippen LogP contribution >= 0.6 is 0 Å². The normalized spacial score (nSPS) is 22.0. The quantitative estimate of drug-likeness (QED) is 0.844. The number of nitrogens with zero attached hydrogens (tertiary/aromatic N) is 1. The minimum absolute atomic E-state index is 0.125. The van der Waals surface area contributed by atoms with Gasteiger partial charge in [0.05, 0.1) is 5.75 Å². The van der Waals surface area contributed by atoms with Crippen molar-refractivity contribution in [3.8, 4) is 0 Å². The van der Waals surface area contributed by atoms with E-state index in [-0.39, 0.29) is 5.75 Å². The number of aryl methyl sites for hydroxylation is 1. The van der Waals surface area contributed by atoms with Crippen LogP contribution in [0.15, 0.2) is 24.3 Å². The summed E-state index contributed by atoms with van der Waals surface area (Å²) < 4.78 is 26.3. The molecule has 1 aliphatic heterocycles. The summed E-state index contributed by atoms with van der Waals surface area (Å²) in [7, 11) is -3.15. The second-order valence-corrected chi connectivity index (χ2v) is 7.32. The van der Waals surface area contributed by atoms with Gasteiger partial charge in [-0.3, -0.25) is 0 Å². The number of piperidine rings is 1. The minimum Gasteiger partial charge on any atom is -0.212 e. The minimum atomic E-state index is -3.15. The first-order chi connectivity index (χ1) is 8.47. The molecule has 1 heterocycles. The van der Waals surface area contributed by atoms with Crippen molar-refractivity contribution in [3.05, 3.63) is 35.4 Å². The SMILES string of the molecule is Cc1ccc(CS(=O)(=O)N2CCC[C@@H](C)C2)cc1. The average Bonchev–Trinajstić information content (AvgIpc) is 2.32. The topological polar surface area (TPSA) is 37.4 Å². The first-order valence-corrected chi connectivity index (χ1v) is 8.11. The summed E-state index contributed by atoms with van der Waals surface area (Å²) in [6.07, 6.45) is 2.12. The van der Waals surface area contributed by atoms with E-state index in [9.17, 15) is 8.42 Å². The van der Waals surface area contributed by atoms with Gasteiger partial charge in [-0.15, -0.1) is 0 Å². The van der Waals surface area contributed by atoms with E-state index in [2.05, 4.69) is 6.92 Å². The highest BCUT2D eigenvalue weighted by atomic mass is 32.2. The lowest BCUT2D eigenvalue weighted by molar-refractivity contribution is 0.281. The summed E-state index contributed by atoms with van der Waals surface area (Å²) in [6.45, 7) is 5.48. The van der Waals surface area contributed by atoms with Gasteiger partial charge in [-0.25, -0.2) is 12.7 Å². The molecule has 0 spiro atoms. The van der Waals surface area contributed by atoms with Gasteiger partial charge in [-0.05, 0) is 31.2 Å². The molecule has 18 heavy (non-hydrogen) atoms. The largest absolute Gasteiger partial charge is 0.218 e. The molecular weight excluding hydrogens is 246 g/mol. The summed E-state index contributed by atoms with van der Waals surface area (Å²) in [5.74, 6) is 0.603. The molecule has 100 valence electrons. The van der Waals surface area contributed by atoms with E-state index in [1.165, 1.54) is 0 Å². The average molecular weight is 267 g/mol. The van der Waals surface area contributed by atoms with Crippen molar-refractivity contribution in [2.24, 2.45) is 5.92 Å². The van der Waals surface area contributed by atoms with Gasteiger partial charge < -0.3 is 0 Å². The first kappa shape index (κ1) is 13.6. The Hall–Kier alpha value is -0.870. The summed E-state index contributed by atoms with van der Waals surface area (Å²) in [5, 5.41) is 0. The fraction of sp³-hybridized carbons (Fsp3) is 0.571. The van der Waals surface area contributed by atoms with E-state index < -0.39 is 10.0 Å². The molecule has 2 rings (SSSR count). The van der Waals surface area contributed by atoms with Gasteiger partial charge in [0.25, 0.3) is 0 Å².